The lowest BCUT2D eigenvalue weighted by Gasteiger charge is -2.00. The first kappa shape index (κ1) is 12.8. The van der Waals surface area contributed by atoms with Crippen LogP contribution in [-0.2, 0) is 0 Å². The van der Waals surface area contributed by atoms with E-state index in [1.165, 1.54) is 24.4 Å². The van der Waals surface area contributed by atoms with E-state index in [0.29, 0.717) is 10.7 Å². The number of aromatic hydroxyl groups is 1. The van der Waals surface area contributed by atoms with Crippen LogP contribution in [0.5, 0.6) is 5.75 Å². The fraction of sp³-hybridized carbons (Fsp3) is 0.111. The largest absolute Gasteiger partial charge is 0.502 e. The molecule has 0 heterocycles. The molecule has 0 aliphatic carbocycles. The molecular formula is C9H10N4O3S. The Bertz CT molecular complexity index is 475. The summed E-state index contributed by atoms with van der Waals surface area (Å²) in [7, 11) is 1.64. The highest BCUT2D eigenvalue weighted by Crippen LogP contribution is 2.25. The topological polar surface area (TPSA) is 99.8 Å². The summed E-state index contributed by atoms with van der Waals surface area (Å²) in [5, 5.41) is 26.5. The summed E-state index contributed by atoms with van der Waals surface area (Å²) < 4.78 is 0. The Labute approximate surface area is 102 Å². The number of phenolic OH excluding ortho intramolecular Hbond substituents is 1. The number of nitrogens with zero attached hydrogens (tertiary/aromatic N) is 2. The van der Waals surface area contributed by atoms with Gasteiger partial charge >= 0.3 is 5.69 Å². The van der Waals surface area contributed by atoms with Gasteiger partial charge in [-0.2, -0.15) is 5.10 Å². The van der Waals surface area contributed by atoms with E-state index in [2.05, 4.69) is 15.8 Å². The molecule has 0 atom stereocenters. The summed E-state index contributed by atoms with van der Waals surface area (Å²) in [4.78, 5) is 9.89. The fourth-order valence-electron chi connectivity index (χ4n) is 0.988. The quantitative estimate of drug-likeness (QED) is 0.318. The Hall–Kier alpha value is -2.22. The normalized spacial score (nSPS) is 10.2. The zero-order chi connectivity index (χ0) is 12.8. The lowest BCUT2D eigenvalue weighted by molar-refractivity contribution is -0.385. The molecule has 0 aromatic heterocycles. The van der Waals surface area contributed by atoms with Crippen LogP contribution in [-0.4, -0.2) is 28.4 Å². The minimum atomic E-state index is -0.668. The van der Waals surface area contributed by atoms with Crippen LogP contribution in [0, 0.1) is 10.1 Å². The van der Waals surface area contributed by atoms with Gasteiger partial charge < -0.3 is 10.4 Å². The second-order valence-electron chi connectivity index (χ2n) is 2.95. The Balaban J connectivity index is 2.82. The number of nitrogens with one attached hydrogen (secondary N) is 2. The highest BCUT2D eigenvalue weighted by Gasteiger charge is 2.12. The fourth-order valence-corrected chi connectivity index (χ4v) is 1.04. The van der Waals surface area contributed by atoms with Crippen molar-refractivity contribution >= 4 is 29.2 Å². The average molecular weight is 254 g/mol. The third-order valence-corrected chi connectivity index (χ3v) is 2.10. The van der Waals surface area contributed by atoms with Crippen LogP contribution in [0.15, 0.2) is 23.3 Å². The minimum Gasteiger partial charge on any atom is -0.502 e. The van der Waals surface area contributed by atoms with Crippen LogP contribution in [0.1, 0.15) is 5.56 Å². The molecule has 0 bridgehead atoms. The van der Waals surface area contributed by atoms with Crippen LogP contribution < -0.4 is 10.7 Å². The van der Waals surface area contributed by atoms with E-state index in [-0.39, 0.29) is 11.4 Å². The zero-order valence-corrected chi connectivity index (χ0v) is 9.69. The number of nitro groups is 1. The van der Waals surface area contributed by atoms with Gasteiger partial charge in [0.05, 0.1) is 11.1 Å². The number of benzene rings is 1. The minimum absolute atomic E-state index is 0.328. The molecular weight excluding hydrogens is 244 g/mol. The molecule has 0 fully saturated rings. The molecule has 0 aliphatic rings. The molecule has 90 valence electrons. The van der Waals surface area contributed by atoms with Crippen molar-refractivity contribution in [2.45, 2.75) is 0 Å². The molecule has 1 aromatic carbocycles. The number of hydrogen-bond acceptors (Lipinski definition) is 5. The maximum absolute atomic E-state index is 10.6. The summed E-state index contributed by atoms with van der Waals surface area (Å²) in [6.07, 6.45) is 1.36. The molecule has 3 N–H and O–H groups in total. The second kappa shape index (κ2) is 5.75. The molecule has 0 saturated carbocycles. The van der Waals surface area contributed by atoms with Gasteiger partial charge in [-0.1, -0.05) is 0 Å². The summed E-state index contributed by atoms with van der Waals surface area (Å²) in [6, 6.07) is 3.94. The smallest absolute Gasteiger partial charge is 0.311 e. The van der Waals surface area contributed by atoms with Crippen molar-refractivity contribution in [2.75, 3.05) is 7.05 Å². The molecule has 0 spiro atoms. The van der Waals surface area contributed by atoms with Gasteiger partial charge in [0, 0.05) is 18.7 Å². The molecule has 1 rings (SSSR count). The maximum atomic E-state index is 10.6. The standard InChI is InChI=1S/C9H10N4O3S/c1-10-9(17)12-11-5-6-2-3-8(14)7(4-6)13(15)16/h2-5,14H,1H3,(H2,10,12,17)/b11-5-. The van der Waals surface area contributed by atoms with Crippen molar-refractivity contribution in [1.82, 2.24) is 10.7 Å². The molecule has 0 radical (unpaired) electrons. The van der Waals surface area contributed by atoms with Crippen LogP contribution in [0.3, 0.4) is 0 Å². The van der Waals surface area contributed by atoms with E-state index in [4.69, 9.17) is 12.2 Å². The predicted molar refractivity (Wildman–Crippen MR) is 67.1 cm³/mol. The van der Waals surface area contributed by atoms with Gasteiger partial charge in [0.15, 0.2) is 10.9 Å². The van der Waals surface area contributed by atoms with E-state index in [1.807, 2.05) is 0 Å². The Morgan fingerprint density at radius 1 is 1.65 bits per heavy atom. The third-order valence-electron chi connectivity index (χ3n) is 1.80. The number of thiocarbonyl (C=S) groups is 1. The van der Waals surface area contributed by atoms with Gasteiger partial charge in [-0.05, 0) is 24.4 Å². The van der Waals surface area contributed by atoms with Crippen molar-refractivity contribution in [3.8, 4) is 5.75 Å². The van der Waals surface area contributed by atoms with E-state index in [0.717, 1.165) is 0 Å². The van der Waals surface area contributed by atoms with Gasteiger partial charge in [0.2, 0.25) is 0 Å². The summed E-state index contributed by atoms with van der Waals surface area (Å²) >= 11 is 4.77. The molecule has 0 aliphatic heterocycles. The Kier molecular flexibility index (Phi) is 4.35. The molecule has 8 heteroatoms. The zero-order valence-electron chi connectivity index (χ0n) is 8.88. The lowest BCUT2D eigenvalue weighted by atomic mass is 10.2. The predicted octanol–water partition coefficient (Wildman–Crippen LogP) is 0.728. The molecule has 7 nitrogen and oxygen atoms in total. The number of phenols is 1. The summed E-state index contributed by atoms with van der Waals surface area (Å²) in [6.45, 7) is 0. The third kappa shape index (κ3) is 3.68. The SMILES string of the molecule is CNC(=S)N/N=C\c1ccc(O)c([N+](=O)[O-])c1. The van der Waals surface area contributed by atoms with Crippen molar-refractivity contribution in [3.05, 3.63) is 33.9 Å². The monoisotopic (exact) mass is 254 g/mol. The molecule has 17 heavy (non-hydrogen) atoms. The van der Waals surface area contributed by atoms with Crippen molar-refractivity contribution < 1.29 is 10.0 Å². The van der Waals surface area contributed by atoms with Crippen LogP contribution in [0.4, 0.5) is 5.69 Å². The van der Waals surface area contributed by atoms with Gasteiger partial charge in [-0.25, -0.2) is 0 Å². The van der Waals surface area contributed by atoms with Crippen molar-refractivity contribution in [3.63, 3.8) is 0 Å². The lowest BCUT2D eigenvalue weighted by Crippen LogP contribution is -2.28. The van der Waals surface area contributed by atoms with E-state index in [1.54, 1.807) is 7.05 Å². The van der Waals surface area contributed by atoms with Gasteiger partial charge in [-0.3, -0.25) is 15.5 Å². The van der Waals surface area contributed by atoms with Crippen molar-refractivity contribution in [1.29, 1.82) is 0 Å². The van der Waals surface area contributed by atoms with Crippen molar-refractivity contribution in [2.24, 2.45) is 5.10 Å². The highest BCUT2D eigenvalue weighted by molar-refractivity contribution is 7.80. The number of hydrogen-bond donors (Lipinski definition) is 3. The van der Waals surface area contributed by atoms with E-state index in [9.17, 15) is 15.2 Å². The molecule has 0 unspecified atom stereocenters. The molecule has 0 saturated heterocycles. The van der Waals surface area contributed by atoms with Gasteiger partial charge in [0.25, 0.3) is 0 Å². The summed E-state index contributed by atoms with van der Waals surface area (Å²) in [5.41, 5.74) is 2.60. The molecule has 0 amide bonds. The van der Waals surface area contributed by atoms with Crippen LogP contribution in [0.2, 0.25) is 0 Å². The van der Waals surface area contributed by atoms with Crippen LogP contribution >= 0.6 is 12.2 Å². The number of rotatable bonds is 3. The Morgan fingerprint density at radius 3 is 2.94 bits per heavy atom. The molecule has 1 aromatic rings. The maximum Gasteiger partial charge on any atom is 0.311 e. The number of nitro benzene ring substituents is 1. The summed E-state index contributed by atoms with van der Waals surface area (Å²) in [5.74, 6) is -0.383. The first-order valence-corrected chi connectivity index (χ1v) is 4.93. The van der Waals surface area contributed by atoms with E-state index < -0.39 is 4.92 Å². The van der Waals surface area contributed by atoms with E-state index >= 15 is 0 Å². The second-order valence-corrected chi connectivity index (χ2v) is 3.36. The first-order chi connectivity index (χ1) is 8.04. The van der Waals surface area contributed by atoms with Gasteiger partial charge in [-0.15, -0.1) is 0 Å². The highest BCUT2D eigenvalue weighted by atomic mass is 32.1. The first-order valence-electron chi connectivity index (χ1n) is 4.53. The Morgan fingerprint density at radius 2 is 2.35 bits per heavy atom. The van der Waals surface area contributed by atoms with Crippen LogP contribution in [0.25, 0.3) is 0 Å². The number of hydrazone groups is 1. The van der Waals surface area contributed by atoms with Gasteiger partial charge in [0.1, 0.15) is 0 Å². The average Bonchev–Trinajstić information content (AvgIpc) is 2.30.